The molecule has 1 aromatic carbocycles. The van der Waals surface area contributed by atoms with Gasteiger partial charge in [-0.15, -0.1) is 0 Å². The molecular weight excluding hydrogens is 275 g/mol. The van der Waals surface area contributed by atoms with Crippen LogP contribution in [0, 0.1) is 11.2 Å². The molecule has 3 heteroatoms. The van der Waals surface area contributed by atoms with Crippen molar-refractivity contribution in [2.75, 3.05) is 31.1 Å². The highest BCUT2D eigenvalue weighted by molar-refractivity contribution is 5.50. The van der Waals surface area contributed by atoms with E-state index in [0.29, 0.717) is 5.41 Å². The molecule has 3 rings (SSSR count). The van der Waals surface area contributed by atoms with Crippen molar-refractivity contribution < 1.29 is 4.39 Å². The maximum Gasteiger partial charge on any atom is 0.146 e. The zero-order valence-corrected chi connectivity index (χ0v) is 14.2. The van der Waals surface area contributed by atoms with Crippen LogP contribution in [0.15, 0.2) is 18.2 Å². The zero-order chi connectivity index (χ0) is 15.8. The number of piperidine rings is 2. The Kier molecular flexibility index (Phi) is 4.19. The molecule has 2 aliphatic rings. The highest BCUT2D eigenvalue weighted by Gasteiger charge is 2.36. The molecular formula is C19H29FN2. The lowest BCUT2D eigenvalue weighted by Crippen LogP contribution is -2.45. The summed E-state index contributed by atoms with van der Waals surface area (Å²) in [6, 6.07) is 5.80. The SMILES string of the molecule is CC(C)(C)c1ccc(N2CCC3(CCNCC3)CC2)c(F)c1. The molecule has 2 aliphatic heterocycles. The molecule has 0 aromatic heterocycles. The Balaban J connectivity index is 1.71. The van der Waals surface area contributed by atoms with Crippen LogP contribution >= 0.6 is 0 Å². The molecule has 1 aromatic rings. The van der Waals surface area contributed by atoms with Crippen molar-refractivity contribution in [1.82, 2.24) is 5.32 Å². The minimum atomic E-state index is -0.0614. The molecule has 122 valence electrons. The molecule has 1 N–H and O–H groups in total. The molecule has 0 atom stereocenters. The quantitative estimate of drug-likeness (QED) is 0.840. The van der Waals surface area contributed by atoms with Crippen LogP contribution in [-0.2, 0) is 5.41 Å². The molecule has 0 unspecified atom stereocenters. The van der Waals surface area contributed by atoms with Crippen molar-refractivity contribution in [3.05, 3.63) is 29.6 Å². The van der Waals surface area contributed by atoms with Gasteiger partial charge in [-0.25, -0.2) is 4.39 Å². The number of hydrogen-bond donors (Lipinski definition) is 1. The molecule has 2 fully saturated rings. The average molecular weight is 304 g/mol. The molecule has 0 radical (unpaired) electrons. The van der Waals surface area contributed by atoms with E-state index in [9.17, 15) is 4.39 Å². The van der Waals surface area contributed by atoms with E-state index in [1.165, 1.54) is 25.7 Å². The molecule has 1 spiro atoms. The summed E-state index contributed by atoms with van der Waals surface area (Å²) in [6.45, 7) is 10.7. The number of rotatable bonds is 1. The fraction of sp³-hybridized carbons (Fsp3) is 0.684. The van der Waals surface area contributed by atoms with Crippen molar-refractivity contribution in [1.29, 1.82) is 0 Å². The maximum atomic E-state index is 14.5. The fourth-order valence-corrected chi connectivity index (χ4v) is 3.91. The van der Waals surface area contributed by atoms with Gasteiger partial charge >= 0.3 is 0 Å². The third-order valence-corrected chi connectivity index (χ3v) is 5.64. The molecule has 0 aliphatic carbocycles. The standard InChI is InChI=1S/C19H29FN2/c1-18(2,3)15-4-5-17(16(20)14-15)22-12-8-19(9-13-22)6-10-21-11-7-19/h4-5,14,21H,6-13H2,1-3H3. The van der Waals surface area contributed by atoms with Gasteiger partial charge in [0.2, 0.25) is 0 Å². The third-order valence-electron chi connectivity index (χ3n) is 5.64. The summed E-state index contributed by atoms with van der Waals surface area (Å²) in [5.41, 5.74) is 2.38. The lowest BCUT2D eigenvalue weighted by atomic mass is 9.71. The smallest absolute Gasteiger partial charge is 0.146 e. The topological polar surface area (TPSA) is 15.3 Å². The lowest BCUT2D eigenvalue weighted by molar-refractivity contribution is 0.154. The van der Waals surface area contributed by atoms with Crippen molar-refractivity contribution in [3.8, 4) is 0 Å². The van der Waals surface area contributed by atoms with E-state index in [1.54, 1.807) is 6.07 Å². The van der Waals surface area contributed by atoms with Gasteiger partial charge in [0, 0.05) is 13.1 Å². The van der Waals surface area contributed by atoms with Gasteiger partial charge < -0.3 is 10.2 Å². The number of benzene rings is 1. The van der Waals surface area contributed by atoms with Gasteiger partial charge in [0.15, 0.2) is 0 Å². The van der Waals surface area contributed by atoms with Crippen LogP contribution in [0.25, 0.3) is 0 Å². The Labute approximate surface area is 134 Å². The van der Waals surface area contributed by atoms with Gasteiger partial charge in [-0.1, -0.05) is 26.8 Å². The largest absolute Gasteiger partial charge is 0.369 e. The van der Waals surface area contributed by atoms with Crippen molar-refractivity contribution >= 4 is 5.69 Å². The molecule has 2 nitrogen and oxygen atoms in total. The van der Waals surface area contributed by atoms with Crippen LogP contribution in [0.4, 0.5) is 10.1 Å². The highest BCUT2D eigenvalue weighted by Crippen LogP contribution is 2.41. The van der Waals surface area contributed by atoms with Gasteiger partial charge in [-0.05, 0) is 67.3 Å². The summed E-state index contributed by atoms with van der Waals surface area (Å²) in [7, 11) is 0. The van der Waals surface area contributed by atoms with Gasteiger partial charge in [0.05, 0.1) is 5.69 Å². The minimum Gasteiger partial charge on any atom is -0.369 e. The number of nitrogens with one attached hydrogen (secondary N) is 1. The van der Waals surface area contributed by atoms with Gasteiger partial charge in [-0.2, -0.15) is 0 Å². The number of anilines is 1. The predicted octanol–water partition coefficient (Wildman–Crippen LogP) is 4.09. The van der Waals surface area contributed by atoms with Crippen molar-refractivity contribution in [2.24, 2.45) is 5.41 Å². The van der Waals surface area contributed by atoms with Crippen molar-refractivity contribution in [2.45, 2.75) is 51.9 Å². The van der Waals surface area contributed by atoms with E-state index in [1.807, 2.05) is 6.07 Å². The van der Waals surface area contributed by atoms with Gasteiger partial charge in [0.1, 0.15) is 5.82 Å². The molecule has 0 bridgehead atoms. The van der Waals surface area contributed by atoms with Crippen LogP contribution in [0.5, 0.6) is 0 Å². The second-order valence-corrected chi connectivity index (χ2v) is 8.15. The summed E-state index contributed by atoms with van der Waals surface area (Å²) < 4.78 is 14.5. The fourth-order valence-electron chi connectivity index (χ4n) is 3.91. The summed E-state index contributed by atoms with van der Waals surface area (Å²) in [6.07, 6.45) is 4.98. The normalized spacial score (nSPS) is 22.1. The summed E-state index contributed by atoms with van der Waals surface area (Å²) >= 11 is 0. The second-order valence-electron chi connectivity index (χ2n) is 8.15. The molecule has 22 heavy (non-hydrogen) atoms. The van der Waals surface area contributed by atoms with Gasteiger partial charge in [0.25, 0.3) is 0 Å². The Morgan fingerprint density at radius 2 is 1.68 bits per heavy atom. The van der Waals surface area contributed by atoms with Gasteiger partial charge in [-0.3, -0.25) is 0 Å². The number of hydrogen-bond acceptors (Lipinski definition) is 2. The van der Waals surface area contributed by atoms with E-state index < -0.39 is 0 Å². The first-order chi connectivity index (χ1) is 10.4. The first-order valence-corrected chi connectivity index (χ1v) is 8.65. The van der Waals surface area contributed by atoms with Crippen LogP contribution in [0.3, 0.4) is 0 Å². The first kappa shape index (κ1) is 15.8. The Morgan fingerprint density at radius 3 is 2.23 bits per heavy atom. The Morgan fingerprint density at radius 1 is 1.05 bits per heavy atom. The molecule has 2 heterocycles. The van der Waals surface area contributed by atoms with Crippen LogP contribution in [-0.4, -0.2) is 26.2 Å². The van der Waals surface area contributed by atoms with E-state index >= 15 is 0 Å². The highest BCUT2D eigenvalue weighted by atomic mass is 19.1. The van der Waals surface area contributed by atoms with Crippen molar-refractivity contribution in [3.63, 3.8) is 0 Å². The summed E-state index contributed by atoms with van der Waals surface area (Å²) in [5, 5.41) is 3.46. The minimum absolute atomic E-state index is 0.000421. The Bertz CT molecular complexity index is 517. The third kappa shape index (κ3) is 3.15. The summed E-state index contributed by atoms with van der Waals surface area (Å²) in [4.78, 5) is 2.25. The van der Waals surface area contributed by atoms with E-state index in [2.05, 4.69) is 37.1 Å². The van der Waals surface area contributed by atoms with E-state index in [-0.39, 0.29) is 11.2 Å². The second kappa shape index (κ2) is 5.84. The van der Waals surface area contributed by atoms with Crippen LogP contribution in [0.2, 0.25) is 0 Å². The maximum absolute atomic E-state index is 14.5. The molecule has 2 saturated heterocycles. The Hall–Kier alpha value is -1.09. The monoisotopic (exact) mass is 304 g/mol. The zero-order valence-electron chi connectivity index (χ0n) is 14.2. The van der Waals surface area contributed by atoms with E-state index in [4.69, 9.17) is 0 Å². The summed E-state index contributed by atoms with van der Waals surface area (Å²) in [5.74, 6) is -0.0614. The molecule has 0 saturated carbocycles. The average Bonchev–Trinajstić information content (AvgIpc) is 2.48. The van der Waals surface area contributed by atoms with E-state index in [0.717, 1.165) is 37.4 Å². The van der Waals surface area contributed by atoms with Crippen LogP contribution in [0.1, 0.15) is 52.0 Å². The first-order valence-electron chi connectivity index (χ1n) is 8.65. The van der Waals surface area contributed by atoms with Crippen LogP contribution < -0.4 is 10.2 Å². The molecule has 0 amide bonds. The number of nitrogens with zero attached hydrogens (tertiary/aromatic N) is 1. The lowest BCUT2D eigenvalue weighted by Gasteiger charge is -2.45. The predicted molar refractivity (Wildman–Crippen MR) is 91.1 cm³/mol. The number of halogens is 1.